The van der Waals surface area contributed by atoms with Gasteiger partial charge in [0.1, 0.15) is 6.54 Å². The number of allylic oxidation sites excluding steroid dienone is 8. The third kappa shape index (κ3) is 10.7. The lowest BCUT2D eigenvalue weighted by atomic mass is 9.57. The van der Waals surface area contributed by atoms with E-state index in [2.05, 4.69) is 66.5 Å². The van der Waals surface area contributed by atoms with E-state index < -0.39 is 46.1 Å². The van der Waals surface area contributed by atoms with Crippen molar-refractivity contribution in [3.63, 3.8) is 0 Å². The zero-order valence-electron chi connectivity index (χ0n) is 38.7. The quantitative estimate of drug-likeness (QED) is 0.0397. The third-order valence-electron chi connectivity index (χ3n) is 17.3. The number of hydrogen-bond acceptors (Lipinski definition) is 11. The Morgan fingerprint density at radius 2 is 1.45 bits per heavy atom. The fourth-order valence-corrected chi connectivity index (χ4v) is 16.8. The minimum absolute atomic E-state index is 0.112. The molecule has 14 nitrogen and oxygen atoms in total. The maximum Gasteiger partial charge on any atom is 0.267 e. The molecule has 368 valence electrons. The van der Waals surface area contributed by atoms with Crippen LogP contribution in [0.5, 0.6) is 0 Å². The maximum atomic E-state index is 12.2. The van der Waals surface area contributed by atoms with Gasteiger partial charge in [0, 0.05) is 70.9 Å². The number of fused-ring (bicyclic) bond motifs is 6. The standard InChI is InChI=1S/C46H71ClN2O12S4/c1-28(63(51,52)53)22-24-48-38-18-10-32-26-34(62-61-60-50)14-16-36(32)42(38)45(3,4)40(48)20-12-30-8-7-9-31(44(30)47)13-21-41-46(5,6)43-37-17-15-35(65(57,58)59)27-33(37)11-19-39(43)49(41)25-23-29(2)64(54,55)56/h12-13,20-21,28-29,32-39,42-43H,7-11,14-19,22-27H2,1-6H3,(H3-,50,51,52,53,54,55,56,57,58,59)/p+1. The highest BCUT2D eigenvalue weighted by Gasteiger charge is 2.61. The van der Waals surface area contributed by atoms with Crippen LogP contribution in [0.1, 0.15) is 138 Å². The van der Waals surface area contributed by atoms with Crippen LogP contribution in [0, 0.1) is 46.3 Å². The molecule has 0 aromatic carbocycles. The zero-order chi connectivity index (χ0) is 47.4. The van der Waals surface area contributed by atoms with Gasteiger partial charge in [0.15, 0.2) is 11.8 Å². The first-order valence-corrected chi connectivity index (χ1v) is 29.5. The van der Waals surface area contributed by atoms with Crippen LogP contribution >= 0.6 is 23.6 Å². The molecule has 12 unspecified atom stereocenters. The number of likely N-dealkylation sites (tertiary alicyclic amines) is 1. The molecule has 5 aliphatic carbocycles. The largest absolute Gasteiger partial charge is 0.371 e. The van der Waals surface area contributed by atoms with E-state index in [9.17, 15) is 38.9 Å². The predicted molar refractivity (Wildman–Crippen MR) is 254 cm³/mol. The Morgan fingerprint density at radius 1 is 0.800 bits per heavy atom. The van der Waals surface area contributed by atoms with Crippen molar-refractivity contribution < 1.29 is 58.1 Å². The second-order valence-corrected chi connectivity index (χ2v) is 28.3. The third-order valence-corrected chi connectivity index (χ3v) is 22.4. The van der Waals surface area contributed by atoms with E-state index in [1.54, 1.807) is 6.92 Å². The maximum absolute atomic E-state index is 12.2. The van der Waals surface area contributed by atoms with E-state index in [-0.39, 0.29) is 52.3 Å². The van der Waals surface area contributed by atoms with Crippen LogP contribution in [0.3, 0.4) is 0 Å². The van der Waals surface area contributed by atoms with Crippen LogP contribution in [-0.4, -0.2) is 106 Å². The van der Waals surface area contributed by atoms with Gasteiger partial charge in [-0.2, -0.15) is 25.3 Å². The summed E-state index contributed by atoms with van der Waals surface area (Å²) >= 11 is 8.55. The van der Waals surface area contributed by atoms with Crippen molar-refractivity contribution in [2.75, 3.05) is 13.1 Å². The van der Waals surface area contributed by atoms with Crippen molar-refractivity contribution >= 4 is 59.7 Å². The minimum atomic E-state index is -4.23. The second-order valence-electron chi connectivity index (χ2n) is 21.5. The van der Waals surface area contributed by atoms with Gasteiger partial charge < -0.3 is 4.90 Å². The average molecular weight is 1010 g/mol. The van der Waals surface area contributed by atoms with Gasteiger partial charge in [-0.25, -0.2) is 9.83 Å². The molecular formula is C46H72ClN2O12S4+. The molecule has 0 aromatic rings. The monoisotopic (exact) mass is 1010 g/mol. The van der Waals surface area contributed by atoms with Crippen LogP contribution in [-0.2, 0) is 39.7 Å². The smallest absolute Gasteiger partial charge is 0.267 e. The number of hydrogen-bond donors (Lipinski definition) is 4. The van der Waals surface area contributed by atoms with Gasteiger partial charge in [-0.05, 0) is 158 Å². The summed E-state index contributed by atoms with van der Waals surface area (Å²) in [7, 11) is -12.6. The second kappa shape index (κ2) is 19.8. The molecule has 7 rings (SSSR count). The summed E-state index contributed by atoms with van der Waals surface area (Å²) in [4.78, 5) is 2.35. The number of nitrogens with zero attached hydrogens (tertiary/aromatic N) is 2. The lowest BCUT2D eigenvalue weighted by Gasteiger charge is -2.48. The molecule has 0 radical (unpaired) electrons. The molecule has 0 amide bonds. The molecule has 2 aliphatic heterocycles. The van der Waals surface area contributed by atoms with Gasteiger partial charge in [0.05, 0.1) is 21.2 Å². The highest BCUT2D eigenvalue weighted by atomic mass is 35.5. The molecule has 1 saturated heterocycles. The molecule has 4 saturated carbocycles. The van der Waals surface area contributed by atoms with E-state index in [0.29, 0.717) is 61.6 Å². The Morgan fingerprint density at radius 3 is 2.12 bits per heavy atom. The Labute approximate surface area is 397 Å². The lowest BCUT2D eigenvalue weighted by Crippen LogP contribution is -2.47. The van der Waals surface area contributed by atoms with Crippen LogP contribution in [0.2, 0.25) is 0 Å². The van der Waals surface area contributed by atoms with E-state index in [1.807, 2.05) is 0 Å². The topological polar surface area (TPSA) is 208 Å². The van der Waals surface area contributed by atoms with Crippen LogP contribution in [0.15, 0.2) is 46.2 Å². The van der Waals surface area contributed by atoms with Crippen LogP contribution in [0.4, 0.5) is 0 Å². The number of halogens is 1. The summed E-state index contributed by atoms with van der Waals surface area (Å²) in [5.41, 5.74) is 3.66. The van der Waals surface area contributed by atoms with E-state index in [4.69, 9.17) is 21.2 Å². The molecule has 12 atom stereocenters. The summed E-state index contributed by atoms with van der Waals surface area (Å²) in [6.45, 7) is 13.1. The fraction of sp³-hybridized carbons (Fsp3) is 0.804. The average Bonchev–Trinajstić information content (AvgIpc) is 3.59. The van der Waals surface area contributed by atoms with Gasteiger partial charge in [0.25, 0.3) is 30.4 Å². The highest BCUT2D eigenvalue weighted by Crippen LogP contribution is 2.60. The highest BCUT2D eigenvalue weighted by molar-refractivity contribution is 7.95. The normalized spacial score (nSPS) is 36.2. The van der Waals surface area contributed by atoms with Gasteiger partial charge in [0.2, 0.25) is 0 Å². The fourth-order valence-electron chi connectivity index (χ4n) is 14.1. The molecular weight excluding hydrogens is 936 g/mol. The summed E-state index contributed by atoms with van der Waals surface area (Å²) < 4.78 is 110. The van der Waals surface area contributed by atoms with Crippen molar-refractivity contribution in [2.24, 2.45) is 46.3 Å². The Balaban J connectivity index is 1.19. The number of rotatable bonds is 15. The Bertz CT molecular complexity index is 2290. The minimum Gasteiger partial charge on any atom is -0.371 e. The Hall–Kier alpha value is -1.32. The molecule has 65 heavy (non-hydrogen) atoms. The van der Waals surface area contributed by atoms with Crippen molar-refractivity contribution in [2.45, 2.75) is 171 Å². The van der Waals surface area contributed by atoms with E-state index in [0.717, 1.165) is 86.8 Å². The summed E-state index contributed by atoms with van der Waals surface area (Å²) in [5.74, 6) is 1.87. The van der Waals surface area contributed by atoms with Gasteiger partial charge in [-0.15, -0.1) is 4.33 Å². The van der Waals surface area contributed by atoms with E-state index in [1.165, 1.54) is 19.0 Å². The SMILES string of the molecule is CC(CCN1/C(=C/C=C2\CCCC(/C=C/C3=[N+](CCC(C)S(=O)(=O)O)C4CCC5CC(SOOO)CCC5C4C3(C)C)=C2Cl)C(C)(C)C2C3CCC(S(=O)(=O)O)CC3CCC21)S(=O)(=O)O. The lowest BCUT2D eigenvalue weighted by molar-refractivity contribution is -0.569. The first kappa shape index (κ1) is 51.5. The van der Waals surface area contributed by atoms with Crippen molar-refractivity contribution in [1.82, 2.24) is 4.90 Å². The van der Waals surface area contributed by atoms with Gasteiger partial charge in [-0.3, -0.25) is 13.7 Å². The molecule has 2 heterocycles. The zero-order valence-corrected chi connectivity index (χ0v) is 42.7. The van der Waals surface area contributed by atoms with Gasteiger partial charge in [-0.1, -0.05) is 42.6 Å². The Kier molecular flexibility index (Phi) is 15.7. The summed E-state index contributed by atoms with van der Waals surface area (Å²) in [6, 6.07) is 0.328. The summed E-state index contributed by atoms with van der Waals surface area (Å²) in [6.07, 6.45) is 19.7. The molecule has 0 aromatic heterocycles. The predicted octanol–water partition coefficient (Wildman–Crippen LogP) is 9.28. The van der Waals surface area contributed by atoms with Crippen molar-refractivity contribution in [1.29, 1.82) is 0 Å². The van der Waals surface area contributed by atoms with Crippen LogP contribution in [0.25, 0.3) is 0 Å². The first-order chi connectivity index (χ1) is 30.3. The molecule has 5 fully saturated rings. The molecule has 0 bridgehead atoms. The van der Waals surface area contributed by atoms with E-state index >= 15 is 0 Å². The molecule has 0 spiro atoms. The van der Waals surface area contributed by atoms with Crippen molar-refractivity contribution in [3.8, 4) is 0 Å². The molecule has 19 heteroatoms. The van der Waals surface area contributed by atoms with Gasteiger partial charge >= 0.3 is 0 Å². The molecule has 7 aliphatic rings. The summed E-state index contributed by atoms with van der Waals surface area (Å²) in [5, 5.41) is 11.0. The van der Waals surface area contributed by atoms with Crippen molar-refractivity contribution in [3.05, 3.63) is 46.2 Å². The first-order valence-electron chi connectivity index (χ1n) is 23.8. The molecule has 4 N–H and O–H groups in total. The van der Waals surface area contributed by atoms with Crippen LogP contribution < -0.4 is 0 Å².